The van der Waals surface area contributed by atoms with Crippen molar-refractivity contribution in [1.29, 1.82) is 0 Å². The van der Waals surface area contributed by atoms with Crippen LogP contribution < -0.4 is 5.73 Å². The molecule has 0 spiro atoms. The van der Waals surface area contributed by atoms with E-state index < -0.39 is 0 Å². The van der Waals surface area contributed by atoms with E-state index in [9.17, 15) is 0 Å². The predicted molar refractivity (Wildman–Crippen MR) is 57.3 cm³/mol. The molecular weight excluding hydrogens is 210 g/mol. The summed E-state index contributed by atoms with van der Waals surface area (Å²) in [5.41, 5.74) is 6.46. The van der Waals surface area contributed by atoms with Gasteiger partial charge in [-0.3, -0.25) is 0 Å². The Morgan fingerprint density at radius 3 is 2.87 bits per heavy atom. The average Bonchev–Trinajstić information content (AvgIpc) is 2.17. The van der Waals surface area contributed by atoms with Crippen LogP contribution in [-0.2, 0) is 0 Å². The average molecular weight is 219 g/mol. The molecule has 0 unspecified atom stereocenters. The highest BCUT2D eigenvalue weighted by molar-refractivity contribution is 7.99. The Morgan fingerprint density at radius 1 is 1.27 bits per heavy atom. The second kappa shape index (κ2) is 4.22. The van der Waals surface area contributed by atoms with Crippen molar-refractivity contribution in [1.82, 2.24) is 19.9 Å². The Balaban J connectivity index is 2.22. The van der Waals surface area contributed by atoms with Gasteiger partial charge in [0.05, 0.1) is 0 Å². The zero-order chi connectivity index (χ0) is 10.7. The van der Waals surface area contributed by atoms with Crippen molar-refractivity contribution in [2.45, 2.75) is 17.1 Å². The van der Waals surface area contributed by atoms with Gasteiger partial charge >= 0.3 is 0 Å². The number of hydrogen-bond acceptors (Lipinski definition) is 6. The van der Waals surface area contributed by atoms with E-state index in [1.54, 1.807) is 12.3 Å². The number of nitrogens with two attached hydrogens (primary N) is 1. The molecule has 0 atom stereocenters. The molecule has 0 aromatic carbocycles. The number of nitrogen functional groups attached to an aromatic ring is 1. The third kappa shape index (κ3) is 2.63. The zero-order valence-corrected chi connectivity index (χ0v) is 8.90. The molecule has 0 amide bonds. The van der Waals surface area contributed by atoms with Gasteiger partial charge in [-0.25, -0.2) is 19.9 Å². The summed E-state index contributed by atoms with van der Waals surface area (Å²) in [6.45, 7) is 1.92. The maximum Gasteiger partial charge on any atom is 0.194 e. The number of aromatic nitrogens is 4. The Kier molecular flexibility index (Phi) is 2.77. The summed E-state index contributed by atoms with van der Waals surface area (Å²) in [7, 11) is 0. The Hall–Kier alpha value is -1.69. The standard InChI is InChI=1S/C9H9N5S/c1-6-2-3-11-9(14-6)15-8-4-7(10)12-5-13-8/h2-5H,1H3,(H2,10,12,13). The van der Waals surface area contributed by atoms with Crippen LogP contribution in [-0.4, -0.2) is 19.9 Å². The van der Waals surface area contributed by atoms with Gasteiger partial charge in [-0.1, -0.05) is 0 Å². The van der Waals surface area contributed by atoms with Gasteiger partial charge in [0.15, 0.2) is 5.16 Å². The first-order valence-electron chi connectivity index (χ1n) is 4.29. The summed E-state index contributed by atoms with van der Waals surface area (Å²) in [5, 5.41) is 1.40. The van der Waals surface area contributed by atoms with Crippen molar-refractivity contribution in [2.24, 2.45) is 0 Å². The first-order valence-corrected chi connectivity index (χ1v) is 5.11. The lowest BCUT2D eigenvalue weighted by Gasteiger charge is -1.99. The summed E-state index contributed by atoms with van der Waals surface area (Å²) in [4.78, 5) is 16.2. The fourth-order valence-corrected chi connectivity index (χ4v) is 1.75. The van der Waals surface area contributed by atoms with E-state index in [1.165, 1.54) is 18.1 Å². The van der Waals surface area contributed by atoms with Gasteiger partial charge in [-0.15, -0.1) is 0 Å². The van der Waals surface area contributed by atoms with Crippen molar-refractivity contribution in [3.63, 3.8) is 0 Å². The van der Waals surface area contributed by atoms with Crippen molar-refractivity contribution < 1.29 is 0 Å². The number of rotatable bonds is 2. The van der Waals surface area contributed by atoms with Crippen molar-refractivity contribution >= 4 is 17.6 Å². The highest BCUT2D eigenvalue weighted by Crippen LogP contribution is 2.22. The summed E-state index contributed by atoms with van der Waals surface area (Å²) >= 11 is 1.36. The molecule has 0 bridgehead atoms. The molecule has 2 aromatic heterocycles. The van der Waals surface area contributed by atoms with Crippen molar-refractivity contribution in [2.75, 3.05) is 5.73 Å². The van der Waals surface area contributed by atoms with Crippen LogP contribution in [0.2, 0.25) is 0 Å². The van der Waals surface area contributed by atoms with E-state index >= 15 is 0 Å². The van der Waals surface area contributed by atoms with Crippen LogP contribution in [0, 0.1) is 6.92 Å². The highest BCUT2D eigenvalue weighted by atomic mass is 32.2. The van der Waals surface area contributed by atoms with Crippen molar-refractivity contribution in [3.05, 3.63) is 30.4 Å². The van der Waals surface area contributed by atoms with Gasteiger partial charge in [0.25, 0.3) is 0 Å². The molecule has 2 rings (SSSR count). The third-order valence-corrected chi connectivity index (χ3v) is 2.44. The van der Waals surface area contributed by atoms with E-state index in [-0.39, 0.29) is 0 Å². The highest BCUT2D eigenvalue weighted by Gasteiger charge is 2.02. The maximum absolute atomic E-state index is 5.54. The van der Waals surface area contributed by atoms with Gasteiger partial charge < -0.3 is 5.73 Å². The third-order valence-electron chi connectivity index (χ3n) is 1.63. The van der Waals surface area contributed by atoms with Gasteiger partial charge in [0, 0.05) is 18.0 Å². The molecule has 2 aromatic rings. The number of hydrogen-bond donors (Lipinski definition) is 1. The fraction of sp³-hybridized carbons (Fsp3) is 0.111. The topological polar surface area (TPSA) is 77.6 Å². The van der Waals surface area contributed by atoms with Crippen LogP contribution in [0.25, 0.3) is 0 Å². The van der Waals surface area contributed by atoms with Crippen LogP contribution in [0.3, 0.4) is 0 Å². The molecule has 5 nitrogen and oxygen atoms in total. The molecule has 0 fully saturated rings. The molecule has 0 saturated carbocycles. The molecule has 2 heterocycles. The first kappa shape index (κ1) is 9.85. The van der Waals surface area contributed by atoms with E-state index in [0.717, 1.165) is 10.7 Å². The number of anilines is 1. The second-order valence-corrected chi connectivity index (χ2v) is 3.85. The molecule has 0 saturated heterocycles. The summed E-state index contributed by atoms with van der Waals surface area (Å²) in [6, 6.07) is 3.54. The van der Waals surface area contributed by atoms with Gasteiger partial charge in [-0.2, -0.15) is 0 Å². The maximum atomic E-state index is 5.54. The summed E-state index contributed by atoms with van der Waals surface area (Å²) in [6.07, 6.45) is 3.14. The smallest absolute Gasteiger partial charge is 0.194 e. The lowest BCUT2D eigenvalue weighted by atomic mass is 10.5. The molecule has 0 aliphatic rings. The van der Waals surface area contributed by atoms with E-state index in [2.05, 4.69) is 19.9 Å². The lowest BCUT2D eigenvalue weighted by molar-refractivity contribution is 0.925. The Labute approximate surface area is 91.2 Å². The normalized spacial score (nSPS) is 10.2. The molecule has 76 valence electrons. The molecule has 2 N–H and O–H groups in total. The van der Waals surface area contributed by atoms with Crippen LogP contribution >= 0.6 is 11.8 Å². The van der Waals surface area contributed by atoms with Crippen molar-refractivity contribution in [3.8, 4) is 0 Å². The summed E-state index contributed by atoms with van der Waals surface area (Å²) in [5.74, 6) is 0.445. The van der Waals surface area contributed by atoms with Crippen LogP contribution in [0.1, 0.15) is 5.69 Å². The van der Waals surface area contributed by atoms with E-state index in [0.29, 0.717) is 11.0 Å². The van der Waals surface area contributed by atoms with Crippen LogP contribution in [0.4, 0.5) is 5.82 Å². The van der Waals surface area contributed by atoms with Gasteiger partial charge in [-0.05, 0) is 24.8 Å². The first-order chi connectivity index (χ1) is 7.24. The molecular formula is C9H9N5S. The minimum atomic E-state index is 0.445. The van der Waals surface area contributed by atoms with E-state index in [4.69, 9.17) is 5.73 Å². The number of aryl methyl sites for hydroxylation is 1. The second-order valence-electron chi connectivity index (χ2n) is 2.86. The summed E-state index contributed by atoms with van der Waals surface area (Å²) < 4.78 is 0. The molecule has 6 heteroatoms. The minimum absolute atomic E-state index is 0.445. The van der Waals surface area contributed by atoms with Gasteiger partial charge in [0.1, 0.15) is 17.2 Å². The Morgan fingerprint density at radius 2 is 2.13 bits per heavy atom. The quantitative estimate of drug-likeness (QED) is 0.606. The van der Waals surface area contributed by atoms with Gasteiger partial charge in [0.2, 0.25) is 0 Å². The SMILES string of the molecule is Cc1ccnc(Sc2cc(N)ncn2)n1. The van der Waals surface area contributed by atoms with E-state index in [1.807, 2.05) is 13.0 Å². The predicted octanol–water partition coefficient (Wildman–Crippen LogP) is 1.31. The Bertz CT molecular complexity index is 430. The molecule has 0 aliphatic heterocycles. The number of nitrogens with zero attached hydrogens (tertiary/aromatic N) is 4. The monoisotopic (exact) mass is 219 g/mol. The lowest BCUT2D eigenvalue weighted by Crippen LogP contribution is -1.93. The van der Waals surface area contributed by atoms with Crippen LogP contribution in [0.15, 0.2) is 34.8 Å². The molecule has 0 aliphatic carbocycles. The zero-order valence-electron chi connectivity index (χ0n) is 8.08. The largest absolute Gasteiger partial charge is 0.384 e. The fourth-order valence-electron chi connectivity index (χ4n) is 0.978. The minimum Gasteiger partial charge on any atom is -0.384 e. The molecule has 15 heavy (non-hydrogen) atoms. The van der Waals surface area contributed by atoms with Crippen LogP contribution in [0.5, 0.6) is 0 Å². The molecule has 0 radical (unpaired) electrons.